The Balaban J connectivity index is 1.76. The van der Waals surface area contributed by atoms with Gasteiger partial charge < -0.3 is 9.64 Å². The van der Waals surface area contributed by atoms with Gasteiger partial charge in [-0.2, -0.15) is 0 Å². The molecule has 2 aromatic carbocycles. The highest BCUT2D eigenvalue weighted by Gasteiger charge is 2.31. The molecule has 3 rings (SSSR count). The van der Waals surface area contributed by atoms with Crippen LogP contribution in [0.4, 0.5) is 5.69 Å². The fourth-order valence-electron chi connectivity index (χ4n) is 3.26. The van der Waals surface area contributed by atoms with E-state index >= 15 is 0 Å². The molecule has 0 saturated carbocycles. The molecule has 1 atom stereocenters. The number of aryl methyl sites for hydroxylation is 1. The lowest BCUT2D eigenvalue weighted by Gasteiger charge is -2.18. The predicted molar refractivity (Wildman–Crippen MR) is 93.9 cm³/mol. The molecule has 4 heteroatoms. The maximum Gasteiger partial charge on any atom is 0.264 e. The van der Waals surface area contributed by atoms with Crippen molar-refractivity contribution >= 4 is 17.4 Å². The molecule has 0 fully saturated rings. The lowest BCUT2D eigenvalue weighted by atomic mass is 9.97. The third kappa shape index (κ3) is 2.92. The zero-order valence-corrected chi connectivity index (χ0v) is 14.2. The van der Waals surface area contributed by atoms with Gasteiger partial charge in [-0.15, -0.1) is 0 Å². The number of fused-ring (bicyclic) bond motifs is 1. The summed E-state index contributed by atoms with van der Waals surface area (Å²) in [5, 5.41) is 0. The summed E-state index contributed by atoms with van der Waals surface area (Å²) in [6.45, 7) is 3.96. The molecule has 24 heavy (non-hydrogen) atoms. The smallest absolute Gasteiger partial charge is 0.264 e. The Labute approximate surface area is 142 Å². The molecular weight excluding hydrogens is 302 g/mol. The lowest BCUT2D eigenvalue weighted by molar-refractivity contribution is -0.120. The normalized spacial score (nSPS) is 16.0. The Hall–Kier alpha value is -2.62. The van der Waals surface area contributed by atoms with Crippen LogP contribution < -0.4 is 9.64 Å². The van der Waals surface area contributed by atoms with Crippen molar-refractivity contribution in [2.75, 3.05) is 18.6 Å². The molecule has 0 bridgehead atoms. The summed E-state index contributed by atoms with van der Waals surface area (Å²) in [5.41, 5.74) is 3.62. The summed E-state index contributed by atoms with van der Waals surface area (Å²) in [5.74, 6) is 0.660. The number of ether oxygens (including phenoxy) is 1. The van der Waals surface area contributed by atoms with Crippen molar-refractivity contribution < 1.29 is 14.3 Å². The number of Topliss-reactive ketones (excluding diaryl/α,β-unsaturated/α-hetero) is 1. The van der Waals surface area contributed by atoms with Crippen LogP contribution in [0.5, 0.6) is 5.75 Å². The lowest BCUT2D eigenvalue weighted by Crippen LogP contribution is -2.31. The molecule has 0 unspecified atom stereocenters. The van der Waals surface area contributed by atoms with E-state index in [0.717, 1.165) is 16.8 Å². The minimum absolute atomic E-state index is 0.0947. The van der Waals surface area contributed by atoms with E-state index in [0.29, 0.717) is 17.7 Å². The predicted octanol–water partition coefficient (Wildman–Crippen LogP) is 3.73. The van der Waals surface area contributed by atoms with Crippen LogP contribution in [0.1, 0.15) is 40.7 Å². The maximum atomic E-state index is 12.3. The summed E-state index contributed by atoms with van der Waals surface area (Å²) in [6, 6.07) is 13.1. The zero-order chi connectivity index (χ0) is 17.3. The molecule has 1 amide bonds. The van der Waals surface area contributed by atoms with E-state index < -0.39 is 0 Å². The number of carbonyl (C=O) groups excluding carboxylic acids is 2. The first-order valence-electron chi connectivity index (χ1n) is 8.10. The van der Waals surface area contributed by atoms with Crippen LogP contribution in [0.3, 0.4) is 0 Å². The van der Waals surface area contributed by atoms with Gasteiger partial charge in [0, 0.05) is 19.2 Å². The van der Waals surface area contributed by atoms with Crippen LogP contribution in [0.2, 0.25) is 0 Å². The van der Waals surface area contributed by atoms with Crippen molar-refractivity contribution in [2.45, 2.75) is 26.2 Å². The number of hydrogen-bond acceptors (Lipinski definition) is 3. The summed E-state index contributed by atoms with van der Waals surface area (Å²) in [6.07, 6.45) is 0.508. The monoisotopic (exact) mass is 323 g/mol. The van der Waals surface area contributed by atoms with E-state index in [-0.39, 0.29) is 24.2 Å². The molecule has 124 valence electrons. The molecule has 0 aromatic heterocycles. The second kappa shape index (κ2) is 6.48. The quantitative estimate of drug-likeness (QED) is 0.861. The Morgan fingerprint density at radius 1 is 1.21 bits per heavy atom. The molecule has 0 heterocycles. The number of amides is 1. The number of anilines is 1. The number of hydrogen-bond donors (Lipinski definition) is 0. The molecule has 0 saturated heterocycles. The molecule has 0 aliphatic heterocycles. The summed E-state index contributed by atoms with van der Waals surface area (Å²) in [7, 11) is 1.72. The summed E-state index contributed by atoms with van der Waals surface area (Å²) < 4.78 is 5.71. The van der Waals surface area contributed by atoms with Gasteiger partial charge in [0.15, 0.2) is 12.4 Å². The van der Waals surface area contributed by atoms with Gasteiger partial charge in [-0.1, -0.05) is 31.2 Å². The number of carbonyl (C=O) groups is 2. The zero-order valence-electron chi connectivity index (χ0n) is 14.2. The number of para-hydroxylation sites is 1. The number of rotatable bonds is 4. The molecule has 0 N–H and O–H groups in total. The average Bonchev–Trinajstić information content (AvgIpc) is 2.90. The molecular formula is C20H21NO3. The van der Waals surface area contributed by atoms with Gasteiger partial charge in [0.1, 0.15) is 5.75 Å². The van der Waals surface area contributed by atoms with E-state index in [1.165, 1.54) is 0 Å². The van der Waals surface area contributed by atoms with Crippen LogP contribution in [0.25, 0.3) is 0 Å². The molecule has 1 aliphatic carbocycles. The van der Waals surface area contributed by atoms with E-state index in [2.05, 4.69) is 6.92 Å². The molecule has 0 spiro atoms. The van der Waals surface area contributed by atoms with Crippen LogP contribution in [-0.2, 0) is 4.79 Å². The van der Waals surface area contributed by atoms with Crippen molar-refractivity contribution in [1.29, 1.82) is 0 Å². The first kappa shape index (κ1) is 16.2. The summed E-state index contributed by atoms with van der Waals surface area (Å²) >= 11 is 0. The highest BCUT2D eigenvalue weighted by molar-refractivity contribution is 6.04. The SMILES string of the molecule is Cc1ccc(OCC(=O)N(C)c2ccccc2)c2c1[C@@H](C)CC2=O. The van der Waals surface area contributed by atoms with Crippen LogP contribution in [-0.4, -0.2) is 25.3 Å². The first-order valence-corrected chi connectivity index (χ1v) is 8.10. The van der Waals surface area contributed by atoms with E-state index in [9.17, 15) is 9.59 Å². The van der Waals surface area contributed by atoms with Gasteiger partial charge in [0.2, 0.25) is 0 Å². The highest BCUT2D eigenvalue weighted by atomic mass is 16.5. The molecule has 4 nitrogen and oxygen atoms in total. The van der Waals surface area contributed by atoms with Crippen molar-refractivity contribution in [3.05, 3.63) is 59.2 Å². The Morgan fingerprint density at radius 2 is 1.92 bits per heavy atom. The Kier molecular flexibility index (Phi) is 4.38. The third-order valence-electron chi connectivity index (χ3n) is 4.56. The highest BCUT2D eigenvalue weighted by Crippen LogP contribution is 2.40. The van der Waals surface area contributed by atoms with Crippen molar-refractivity contribution in [3.8, 4) is 5.75 Å². The van der Waals surface area contributed by atoms with Crippen molar-refractivity contribution in [2.24, 2.45) is 0 Å². The number of nitrogens with zero attached hydrogens (tertiary/aromatic N) is 1. The average molecular weight is 323 g/mol. The number of ketones is 1. The third-order valence-corrected chi connectivity index (χ3v) is 4.56. The fourth-order valence-corrected chi connectivity index (χ4v) is 3.26. The van der Waals surface area contributed by atoms with Crippen LogP contribution in [0, 0.1) is 6.92 Å². The number of benzene rings is 2. The largest absolute Gasteiger partial charge is 0.483 e. The minimum atomic E-state index is -0.158. The fraction of sp³-hybridized carbons (Fsp3) is 0.300. The molecule has 2 aromatic rings. The molecule has 1 aliphatic rings. The van der Waals surface area contributed by atoms with E-state index in [1.54, 1.807) is 18.0 Å². The Bertz CT molecular complexity index is 783. The summed E-state index contributed by atoms with van der Waals surface area (Å²) in [4.78, 5) is 26.2. The van der Waals surface area contributed by atoms with Gasteiger partial charge in [-0.3, -0.25) is 9.59 Å². The second-order valence-electron chi connectivity index (χ2n) is 6.27. The Morgan fingerprint density at radius 3 is 2.62 bits per heavy atom. The van der Waals surface area contributed by atoms with Gasteiger partial charge in [0.25, 0.3) is 5.91 Å². The van der Waals surface area contributed by atoms with Gasteiger partial charge in [0.05, 0.1) is 5.56 Å². The second-order valence-corrected chi connectivity index (χ2v) is 6.27. The number of likely N-dealkylation sites (N-methyl/N-ethyl adjacent to an activating group) is 1. The topological polar surface area (TPSA) is 46.6 Å². The van der Waals surface area contributed by atoms with Crippen LogP contribution >= 0.6 is 0 Å². The van der Waals surface area contributed by atoms with E-state index in [1.807, 2.05) is 43.3 Å². The van der Waals surface area contributed by atoms with Crippen molar-refractivity contribution in [3.63, 3.8) is 0 Å². The van der Waals surface area contributed by atoms with Crippen molar-refractivity contribution in [1.82, 2.24) is 0 Å². The standard InChI is InChI=1S/C20H21NO3/c1-13-9-10-17(20-16(22)11-14(2)19(13)20)24-12-18(23)21(3)15-7-5-4-6-8-15/h4-10,14H,11-12H2,1-3H3/t14-/m0/s1. The maximum absolute atomic E-state index is 12.3. The van der Waals surface area contributed by atoms with Gasteiger partial charge in [-0.05, 0) is 42.2 Å². The van der Waals surface area contributed by atoms with E-state index in [4.69, 9.17) is 4.74 Å². The first-order chi connectivity index (χ1) is 11.5. The minimum Gasteiger partial charge on any atom is -0.483 e. The van der Waals surface area contributed by atoms with Gasteiger partial charge >= 0.3 is 0 Å². The van der Waals surface area contributed by atoms with Gasteiger partial charge in [-0.25, -0.2) is 0 Å². The molecule has 0 radical (unpaired) electrons. The van der Waals surface area contributed by atoms with Crippen LogP contribution in [0.15, 0.2) is 42.5 Å².